The normalized spacial score (nSPS) is 12.1. The van der Waals surface area contributed by atoms with E-state index in [-0.39, 0.29) is 39.3 Å². The number of rotatable bonds is 9. The fourth-order valence-electron chi connectivity index (χ4n) is 9.16. The van der Waals surface area contributed by atoms with Gasteiger partial charge in [0.15, 0.2) is 0 Å². The van der Waals surface area contributed by atoms with Crippen molar-refractivity contribution in [2.75, 3.05) is 0 Å². The summed E-state index contributed by atoms with van der Waals surface area (Å²) in [7, 11) is -12.2. The molecule has 0 unspecified atom stereocenters. The molecule has 0 aliphatic heterocycles. The van der Waals surface area contributed by atoms with Gasteiger partial charge >= 0.3 is 29.6 Å². The molecule has 8 aromatic rings. The summed E-state index contributed by atoms with van der Waals surface area (Å²) < 4.78 is 74.3. The van der Waals surface area contributed by atoms with E-state index in [2.05, 4.69) is 128 Å². The first-order valence-corrected chi connectivity index (χ1v) is 25.8. The topological polar surface area (TPSA) is 109 Å². The van der Waals surface area contributed by atoms with Gasteiger partial charge in [-0.05, 0) is 137 Å². The third-order valence-electron chi connectivity index (χ3n) is 11.1. The third kappa shape index (κ3) is 9.54. The molecule has 8 aromatic carbocycles. The van der Waals surface area contributed by atoms with Crippen LogP contribution in [0.4, 0.5) is 0 Å². The molecule has 0 heterocycles. The third-order valence-corrected chi connectivity index (χ3v) is 17.8. The second kappa shape index (κ2) is 18.1. The Labute approximate surface area is 396 Å². The van der Waals surface area contributed by atoms with Crippen molar-refractivity contribution in [3.63, 3.8) is 0 Å². The fraction of sp³-hybridized carbons (Fsp3) is 0.154. The summed E-state index contributed by atoms with van der Waals surface area (Å²) in [4.78, 5) is -0.451. The molecule has 2 N–H and O–H groups in total. The van der Waals surface area contributed by atoms with Gasteiger partial charge in [0, 0.05) is 10.8 Å². The zero-order valence-electron chi connectivity index (χ0n) is 35.9. The van der Waals surface area contributed by atoms with E-state index in [9.17, 15) is 25.9 Å². The van der Waals surface area contributed by atoms with Crippen molar-refractivity contribution in [3.05, 3.63) is 178 Å². The van der Waals surface area contributed by atoms with E-state index in [1.54, 1.807) is 24.3 Å². The van der Waals surface area contributed by atoms with Crippen LogP contribution in [0.1, 0.15) is 44.5 Å². The van der Waals surface area contributed by atoms with Crippen LogP contribution in [-0.4, -0.2) is 55.5 Å². The van der Waals surface area contributed by atoms with E-state index in [0.29, 0.717) is 21.5 Å². The van der Waals surface area contributed by atoms with Crippen LogP contribution in [0.15, 0.2) is 143 Å². The van der Waals surface area contributed by atoms with Crippen molar-refractivity contribution in [2.24, 2.45) is 0 Å². The van der Waals surface area contributed by atoms with E-state index >= 15 is 0 Å². The molecule has 0 aliphatic rings. The van der Waals surface area contributed by atoms with Gasteiger partial charge in [0.2, 0.25) is 0 Å². The van der Waals surface area contributed by atoms with Gasteiger partial charge in [-0.25, -0.2) is 0 Å². The predicted molar refractivity (Wildman–Crippen MR) is 269 cm³/mol. The summed E-state index contributed by atoms with van der Waals surface area (Å²) >= 11 is 0. The average Bonchev–Trinajstić information content (AvgIpc) is 3.15. The Balaban J connectivity index is 0.00000595. The molecule has 0 aromatic heterocycles. The summed E-state index contributed by atoms with van der Waals surface area (Å²) in [5.41, 5.74) is 10.3. The first-order valence-electron chi connectivity index (χ1n) is 20.3. The maximum absolute atomic E-state index is 13.2. The maximum atomic E-state index is 13.2. The molecule has 0 atom stereocenters. The molecule has 0 saturated carbocycles. The molecule has 6 nitrogen and oxygen atoms in total. The Bertz CT molecular complexity index is 2960. The van der Waals surface area contributed by atoms with Crippen LogP contribution >= 0.6 is 15.8 Å². The van der Waals surface area contributed by atoms with Crippen LogP contribution < -0.4 is 31.8 Å². The molecular formula is C52H49NaO6P2S2. The number of hydrogen-bond acceptors (Lipinski definition) is 4. The standard InChI is InChI=1S/C52H48O6P2S2.Na.H/c1-31-19-32(2)24-39(23-31)59(40-25-33(3)20-34(4)26-40)47-17-15-43-45(11-9-13-49(43)61(53,54)55)51(47)52-46-12-10-14-50(62(56,57)58)44(46)16-18-48(52)60(41-27-35(5)21-36(6)28-41)42-29-37(7)22-38(8)30-42;;/h9-30H,1-8H3,(H,53,54,55)(H,56,57,58);;. The Morgan fingerprint density at radius 1 is 0.349 bits per heavy atom. The minimum absolute atomic E-state index is 0. The second-order valence-electron chi connectivity index (χ2n) is 16.6. The Morgan fingerprint density at radius 2 is 0.603 bits per heavy atom. The molecule has 0 spiro atoms. The number of aryl methyl sites for hydroxylation is 8. The quantitative estimate of drug-likeness (QED) is 0.0849. The average molecular weight is 919 g/mol. The zero-order valence-corrected chi connectivity index (χ0v) is 39.4. The molecule has 0 radical (unpaired) electrons. The van der Waals surface area contributed by atoms with E-state index in [4.69, 9.17) is 0 Å². The molecule has 8 rings (SSSR count). The van der Waals surface area contributed by atoms with Crippen molar-refractivity contribution in [3.8, 4) is 11.1 Å². The van der Waals surface area contributed by atoms with Gasteiger partial charge in [-0.15, -0.1) is 0 Å². The zero-order chi connectivity index (χ0) is 44.4. The molecule has 11 heteroatoms. The van der Waals surface area contributed by atoms with Crippen LogP contribution in [0.5, 0.6) is 0 Å². The van der Waals surface area contributed by atoms with Crippen molar-refractivity contribution in [2.45, 2.75) is 65.2 Å². The van der Waals surface area contributed by atoms with E-state index in [1.165, 1.54) is 12.1 Å². The molecular weight excluding hydrogens is 870 g/mol. The van der Waals surface area contributed by atoms with Gasteiger partial charge in [0.05, 0.1) is 0 Å². The van der Waals surface area contributed by atoms with Crippen molar-refractivity contribution in [1.29, 1.82) is 0 Å². The van der Waals surface area contributed by atoms with Crippen molar-refractivity contribution in [1.82, 2.24) is 0 Å². The SMILES string of the molecule is Cc1cc(C)cc(P(c2cc(C)cc(C)c2)c2ccc3c(S(=O)(=O)O)cccc3c2-c2c(P(c3cc(C)cc(C)c3)c3cc(C)cc(C)c3)ccc3c(S(=O)(=O)O)cccc23)c1.[NaH]. The Kier molecular flexibility index (Phi) is 13.5. The number of fused-ring (bicyclic) bond motifs is 2. The summed E-state index contributed by atoms with van der Waals surface area (Å²) in [5, 5.41) is 8.08. The molecule has 316 valence electrons. The van der Waals surface area contributed by atoms with Crippen LogP contribution in [0.2, 0.25) is 0 Å². The Morgan fingerprint density at radius 3 is 0.841 bits per heavy atom. The molecule has 63 heavy (non-hydrogen) atoms. The van der Waals surface area contributed by atoms with Gasteiger partial charge < -0.3 is 0 Å². The van der Waals surface area contributed by atoms with E-state index in [0.717, 1.165) is 87.5 Å². The van der Waals surface area contributed by atoms with E-state index < -0.39 is 36.1 Å². The first kappa shape index (κ1) is 46.9. The summed E-state index contributed by atoms with van der Waals surface area (Å²) in [6, 6.07) is 43.9. The molecule has 0 amide bonds. The van der Waals surface area contributed by atoms with Gasteiger partial charge in [-0.1, -0.05) is 166 Å². The van der Waals surface area contributed by atoms with Gasteiger partial charge in [0.1, 0.15) is 9.79 Å². The van der Waals surface area contributed by atoms with Crippen LogP contribution in [0.25, 0.3) is 32.7 Å². The second-order valence-corrected chi connectivity index (χ2v) is 23.8. The van der Waals surface area contributed by atoms with Crippen molar-refractivity contribution < 1.29 is 25.9 Å². The van der Waals surface area contributed by atoms with Gasteiger partial charge in [-0.3, -0.25) is 9.11 Å². The summed E-state index contributed by atoms with van der Waals surface area (Å²) in [6.07, 6.45) is 0. The molecule has 0 fully saturated rings. The summed E-state index contributed by atoms with van der Waals surface area (Å²) in [5.74, 6) is 0. The predicted octanol–water partition coefficient (Wildman–Crippen LogP) is 9.49. The van der Waals surface area contributed by atoms with Crippen LogP contribution in [-0.2, 0) is 20.2 Å². The molecule has 0 saturated heterocycles. The minimum atomic E-state index is -4.69. The fourth-order valence-corrected chi connectivity index (χ4v) is 16.3. The Hall–Kier alpha value is -4.04. The van der Waals surface area contributed by atoms with Crippen LogP contribution in [0.3, 0.4) is 0 Å². The van der Waals surface area contributed by atoms with Crippen molar-refractivity contribution >= 4 is 119 Å². The summed E-state index contributed by atoms with van der Waals surface area (Å²) in [6.45, 7) is 16.7. The van der Waals surface area contributed by atoms with Crippen LogP contribution in [0, 0.1) is 55.4 Å². The van der Waals surface area contributed by atoms with Gasteiger partial charge in [-0.2, -0.15) is 16.8 Å². The molecule has 0 aliphatic carbocycles. The van der Waals surface area contributed by atoms with Gasteiger partial charge in [0.25, 0.3) is 20.2 Å². The van der Waals surface area contributed by atoms with E-state index in [1.807, 2.05) is 24.3 Å². The number of hydrogen-bond donors (Lipinski definition) is 2. The number of benzene rings is 8. The molecule has 0 bridgehead atoms. The first-order chi connectivity index (χ1) is 29.3. The monoisotopic (exact) mass is 918 g/mol.